The summed E-state index contributed by atoms with van der Waals surface area (Å²) in [5, 5.41) is 10.3. The van der Waals surface area contributed by atoms with Crippen LogP contribution < -0.4 is 16.4 Å². The van der Waals surface area contributed by atoms with E-state index in [1.165, 1.54) is 18.5 Å². The summed E-state index contributed by atoms with van der Waals surface area (Å²) in [7, 11) is 0. The zero-order valence-electron chi connectivity index (χ0n) is 16.4. The van der Waals surface area contributed by atoms with E-state index in [4.69, 9.17) is 5.73 Å². The van der Waals surface area contributed by atoms with Crippen molar-refractivity contribution in [3.8, 4) is 11.3 Å². The lowest BCUT2D eigenvalue weighted by Gasteiger charge is -2.09. The van der Waals surface area contributed by atoms with Crippen LogP contribution in [0.25, 0.3) is 22.3 Å². The number of para-hydroxylation sites is 1. The maximum Gasteiger partial charge on any atom is 0.323 e. The quantitative estimate of drug-likeness (QED) is 0.465. The molecule has 0 aliphatic heterocycles. The molecule has 0 bridgehead atoms. The molecule has 0 aliphatic carbocycles. The SMILES string of the molecule is CC(C)n1nc(-c2ccc(NC(=O)Nc3ccccc3)c(F)c2)c2c(N)ncnc21. The zero-order chi connectivity index (χ0) is 21.3. The van der Waals surface area contributed by atoms with Crippen LogP contribution in [-0.4, -0.2) is 25.8 Å². The first-order valence-electron chi connectivity index (χ1n) is 9.35. The van der Waals surface area contributed by atoms with E-state index in [0.29, 0.717) is 28.0 Å². The number of nitrogens with two attached hydrogens (primary N) is 1. The third kappa shape index (κ3) is 3.64. The molecule has 8 nitrogen and oxygen atoms in total. The number of halogens is 1. The second-order valence-electron chi connectivity index (χ2n) is 6.98. The Balaban J connectivity index is 1.65. The van der Waals surface area contributed by atoms with Crippen molar-refractivity contribution in [3.63, 3.8) is 0 Å². The molecule has 0 saturated heterocycles. The third-order valence-corrected chi connectivity index (χ3v) is 4.53. The molecule has 9 heteroatoms. The lowest BCUT2D eigenvalue weighted by molar-refractivity contribution is 0.262. The number of benzene rings is 2. The summed E-state index contributed by atoms with van der Waals surface area (Å²) in [5.41, 5.74) is 8.27. The van der Waals surface area contributed by atoms with Gasteiger partial charge in [0.25, 0.3) is 0 Å². The van der Waals surface area contributed by atoms with E-state index in [1.807, 2.05) is 19.9 Å². The van der Waals surface area contributed by atoms with Gasteiger partial charge in [-0.05, 0) is 38.1 Å². The Kier molecular flexibility index (Phi) is 5.01. The van der Waals surface area contributed by atoms with Crippen LogP contribution in [0.15, 0.2) is 54.9 Å². The molecule has 4 aromatic rings. The van der Waals surface area contributed by atoms with Gasteiger partial charge >= 0.3 is 6.03 Å². The van der Waals surface area contributed by atoms with Crippen LogP contribution in [0.4, 0.5) is 26.4 Å². The summed E-state index contributed by atoms with van der Waals surface area (Å²) >= 11 is 0. The second kappa shape index (κ2) is 7.78. The van der Waals surface area contributed by atoms with Crippen LogP contribution in [0.5, 0.6) is 0 Å². The first-order valence-corrected chi connectivity index (χ1v) is 9.35. The van der Waals surface area contributed by atoms with Crippen LogP contribution in [0.3, 0.4) is 0 Å². The number of carbonyl (C=O) groups is 1. The fourth-order valence-corrected chi connectivity index (χ4v) is 3.13. The van der Waals surface area contributed by atoms with Gasteiger partial charge < -0.3 is 16.4 Å². The Morgan fingerprint density at radius 3 is 2.57 bits per heavy atom. The number of anilines is 3. The summed E-state index contributed by atoms with van der Waals surface area (Å²) in [6.45, 7) is 3.93. The number of aromatic nitrogens is 4. The molecule has 2 heterocycles. The summed E-state index contributed by atoms with van der Waals surface area (Å²) in [6.07, 6.45) is 1.38. The summed E-state index contributed by atoms with van der Waals surface area (Å²) in [4.78, 5) is 20.5. The molecule has 2 amide bonds. The van der Waals surface area contributed by atoms with E-state index < -0.39 is 11.8 Å². The Labute approximate surface area is 172 Å². The van der Waals surface area contributed by atoms with Crippen molar-refractivity contribution in [2.45, 2.75) is 19.9 Å². The molecule has 0 atom stereocenters. The number of rotatable bonds is 4. The van der Waals surface area contributed by atoms with Crippen molar-refractivity contribution >= 4 is 34.3 Å². The van der Waals surface area contributed by atoms with Gasteiger partial charge in [0.2, 0.25) is 0 Å². The lowest BCUT2D eigenvalue weighted by Crippen LogP contribution is -2.20. The summed E-state index contributed by atoms with van der Waals surface area (Å²) < 4.78 is 16.5. The highest BCUT2D eigenvalue weighted by atomic mass is 19.1. The molecule has 0 radical (unpaired) electrons. The molecule has 0 unspecified atom stereocenters. The minimum atomic E-state index is -0.599. The second-order valence-corrected chi connectivity index (χ2v) is 6.98. The number of hydrogen-bond acceptors (Lipinski definition) is 5. The molecule has 0 spiro atoms. The number of nitrogens with one attached hydrogen (secondary N) is 2. The molecule has 152 valence electrons. The van der Waals surface area contributed by atoms with Gasteiger partial charge in [-0.15, -0.1) is 0 Å². The molecular weight excluding hydrogens is 385 g/mol. The van der Waals surface area contributed by atoms with Crippen molar-refractivity contribution < 1.29 is 9.18 Å². The Bertz CT molecular complexity index is 1220. The van der Waals surface area contributed by atoms with Gasteiger partial charge in [-0.1, -0.05) is 24.3 Å². The van der Waals surface area contributed by atoms with Crippen molar-refractivity contribution in [2.75, 3.05) is 16.4 Å². The average Bonchev–Trinajstić information content (AvgIpc) is 3.12. The first kappa shape index (κ1) is 19.3. The average molecular weight is 405 g/mol. The van der Waals surface area contributed by atoms with Gasteiger partial charge in [-0.2, -0.15) is 5.10 Å². The van der Waals surface area contributed by atoms with Gasteiger partial charge in [0.05, 0.1) is 11.1 Å². The van der Waals surface area contributed by atoms with Crippen LogP contribution in [0, 0.1) is 5.82 Å². The highest BCUT2D eigenvalue weighted by Crippen LogP contribution is 2.33. The Morgan fingerprint density at radius 1 is 1.10 bits per heavy atom. The molecule has 0 saturated carbocycles. The van der Waals surface area contributed by atoms with Gasteiger partial charge in [-0.25, -0.2) is 23.8 Å². The predicted molar refractivity (Wildman–Crippen MR) is 115 cm³/mol. The van der Waals surface area contributed by atoms with E-state index in [0.717, 1.165) is 0 Å². The Morgan fingerprint density at radius 2 is 1.87 bits per heavy atom. The number of fused-ring (bicyclic) bond motifs is 1. The van der Waals surface area contributed by atoms with E-state index >= 15 is 0 Å². The minimum absolute atomic E-state index is 0.0306. The summed E-state index contributed by atoms with van der Waals surface area (Å²) in [5.74, 6) is -0.329. The van der Waals surface area contributed by atoms with Crippen molar-refractivity contribution in [3.05, 3.63) is 60.7 Å². The highest BCUT2D eigenvalue weighted by Gasteiger charge is 2.19. The van der Waals surface area contributed by atoms with Crippen molar-refractivity contribution in [1.29, 1.82) is 0 Å². The number of nitrogens with zero attached hydrogens (tertiary/aromatic N) is 4. The van der Waals surface area contributed by atoms with Crippen LogP contribution in [-0.2, 0) is 0 Å². The van der Waals surface area contributed by atoms with Crippen LogP contribution in [0.1, 0.15) is 19.9 Å². The predicted octanol–water partition coefficient (Wildman–Crippen LogP) is 4.44. The number of hydrogen-bond donors (Lipinski definition) is 3. The van der Waals surface area contributed by atoms with Crippen LogP contribution >= 0.6 is 0 Å². The lowest BCUT2D eigenvalue weighted by atomic mass is 10.1. The van der Waals surface area contributed by atoms with Crippen LogP contribution in [0.2, 0.25) is 0 Å². The topological polar surface area (TPSA) is 111 Å². The Hall–Kier alpha value is -4.01. The fraction of sp³-hybridized carbons (Fsp3) is 0.143. The first-order chi connectivity index (χ1) is 14.4. The van der Waals surface area contributed by atoms with Gasteiger partial charge in [0, 0.05) is 17.3 Å². The molecule has 30 heavy (non-hydrogen) atoms. The number of urea groups is 1. The molecule has 0 fully saturated rings. The largest absolute Gasteiger partial charge is 0.383 e. The molecular formula is C21H20FN7O. The molecule has 2 aromatic carbocycles. The van der Waals surface area contributed by atoms with Gasteiger partial charge in [-0.3, -0.25) is 0 Å². The van der Waals surface area contributed by atoms with E-state index in [-0.39, 0.29) is 17.5 Å². The number of carbonyl (C=O) groups excluding carboxylic acids is 1. The third-order valence-electron chi connectivity index (χ3n) is 4.53. The van der Waals surface area contributed by atoms with E-state index in [1.54, 1.807) is 35.0 Å². The van der Waals surface area contributed by atoms with Crippen molar-refractivity contribution in [1.82, 2.24) is 19.7 Å². The highest BCUT2D eigenvalue weighted by molar-refractivity contribution is 6.01. The monoisotopic (exact) mass is 405 g/mol. The summed E-state index contributed by atoms with van der Waals surface area (Å²) in [6, 6.07) is 12.8. The maximum absolute atomic E-state index is 14.8. The normalized spacial score (nSPS) is 11.1. The smallest absolute Gasteiger partial charge is 0.323 e. The van der Waals surface area contributed by atoms with Gasteiger partial charge in [0.15, 0.2) is 5.65 Å². The molecule has 4 rings (SSSR count). The maximum atomic E-state index is 14.8. The van der Waals surface area contributed by atoms with Gasteiger partial charge in [0.1, 0.15) is 23.7 Å². The van der Waals surface area contributed by atoms with E-state index in [2.05, 4.69) is 25.7 Å². The number of amides is 2. The molecule has 0 aliphatic rings. The minimum Gasteiger partial charge on any atom is -0.383 e. The standard InChI is InChI=1S/C21H20FN7O/c1-12(2)29-20-17(19(23)24-11-25-20)18(28-29)13-8-9-16(15(22)10-13)27-21(30)26-14-6-4-3-5-7-14/h3-12H,1-2H3,(H2,23,24,25)(H2,26,27,30). The zero-order valence-corrected chi connectivity index (χ0v) is 16.4. The number of nitrogen functional groups attached to an aromatic ring is 1. The molecule has 4 N–H and O–H groups in total. The van der Waals surface area contributed by atoms with E-state index in [9.17, 15) is 9.18 Å². The molecule has 2 aromatic heterocycles. The fourth-order valence-electron chi connectivity index (χ4n) is 3.13. The van der Waals surface area contributed by atoms with Crippen molar-refractivity contribution in [2.24, 2.45) is 0 Å².